The molecule has 17 heavy (non-hydrogen) atoms. The zero-order chi connectivity index (χ0) is 11.8. The summed E-state index contributed by atoms with van der Waals surface area (Å²) in [5.74, 6) is 4.60. The molecule has 0 amide bonds. The van der Waals surface area contributed by atoms with Crippen LogP contribution in [0.2, 0.25) is 0 Å². The Morgan fingerprint density at radius 3 is 2.88 bits per heavy atom. The first-order valence-corrected chi connectivity index (χ1v) is 7.08. The summed E-state index contributed by atoms with van der Waals surface area (Å²) in [7, 11) is 0. The van der Waals surface area contributed by atoms with Gasteiger partial charge < -0.3 is 4.74 Å². The molecule has 0 aromatic rings. The quantitative estimate of drug-likeness (QED) is 0.551. The van der Waals surface area contributed by atoms with Crippen molar-refractivity contribution in [1.82, 2.24) is 0 Å². The molecule has 0 heterocycles. The lowest BCUT2D eigenvalue weighted by Gasteiger charge is -2.28. The zero-order valence-electron chi connectivity index (χ0n) is 10.4. The molecule has 2 bridgehead atoms. The van der Waals surface area contributed by atoms with Gasteiger partial charge in [-0.3, -0.25) is 0 Å². The largest absolute Gasteiger partial charge is 0.463 e. The molecular formula is C15H22O2. The monoisotopic (exact) mass is 234 g/mol. The second-order valence-electron chi connectivity index (χ2n) is 6.07. The maximum Gasteiger partial charge on any atom is 0.330 e. The molecule has 94 valence electrons. The molecule has 5 atom stereocenters. The molecule has 2 heteroatoms. The summed E-state index contributed by atoms with van der Waals surface area (Å²) in [6.45, 7) is 4.01. The van der Waals surface area contributed by atoms with Crippen molar-refractivity contribution in [1.29, 1.82) is 0 Å². The molecule has 0 aliphatic heterocycles. The van der Waals surface area contributed by atoms with Crippen LogP contribution in [0.25, 0.3) is 0 Å². The van der Waals surface area contributed by atoms with E-state index in [9.17, 15) is 4.79 Å². The summed E-state index contributed by atoms with van der Waals surface area (Å²) < 4.78 is 5.12. The first-order chi connectivity index (χ1) is 8.29. The smallest absolute Gasteiger partial charge is 0.330 e. The molecular weight excluding hydrogens is 212 g/mol. The molecule has 3 aliphatic rings. The highest BCUT2D eigenvalue weighted by Gasteiger charge is 2.52. The SMILES string of the molecule is C=CC(=O)OCCC1CCC2C3CCC(C3)C12. The van der Waals surface area contributed by atoms with E-state index in [-0.39, 0.29) is 5.97 Å². The second kappa shape index (κ2) is 4.47. The standard InChI is InChI=1S/C15H22O2/c1-2-14(16)17-8-7-10-5-6-13-11-3-4-12(9-11)15(10)13/h2,10-13,15H,1,3-9H2. The summed E-state index contributed by atoms with van der Waals surface area (Å²) in [5, 5.41) is 0. The van der Waals surface area contributed by atoms with Crippen molar-refractivity contribution in [3.05, 3.63) is 12.7 Å². The number of hydrogen-bond acceptors (Lipinski definition) is 2. The van der Waals surface area contributed by atoms with Crippen LogP contribution >= 0.6 is 0 Å². The Morgan fingerprint density at radius 1 is 1.24 bits per heavy atom. The minimum absolute atomic E-state index is 0.271. The van der Waals surface area contributed by atoms with Crippen LogP contribution in [0.15, 0.2) is 12.7 Å². The number of rotatable bonds is 4. The van der Waals surface area contributed by atoms with E-state index in [4.69, 9.17) is 4.74 Å². The van der Waals surface area contributed by atoms with Gasteiger partial charge in [0, 0.05) is 6.08 Å². The van der Waals surface area contributed by atoms with E-state index in [0.29, 0.717) is 6.61 Å². The van der Waals surface area contributed by atoms with E-state index in [1.807, 2.05) is 0 Å². The molecule has 2 nitrogen and oxygen atoms in total. The van der Waals surface area contributed by atoms with Gasteiger partial charge >= 0.3 is 5.97 Å². The third kappa shape index (κ3) is 1.92. The molecule has 5 unspecified atom stereocenters. The topological polar surface area (TPSA) is 26.3 Å². The van der Waals surface area contributed by atoms with Gasteiger partial charge in [-0.1, -0.05) is 6.58 Å². The van der Waals surface area contributed by atoms with E-state index in [1.165, 1.54) is 38.2 Å². The van der Waals surface area contributed by atoms with Crippen molar-refractivity contribution in [2.24, 2.45) is 29.6 Å². The predicted octanol–water partition coefficient (Wildman–Crippen LogP) is 3.18. The van der Waals surface area contributed by atoms with E-state index in [1.54, 1.807) is 0 Å². The van der Waals surface area contributed by atoms with Gasteiger partial charge in [0.1, 0.15) is 0 Å². The summed E-state index contributed by atoms with van der Waals surface area (Å²) in [6, 6.07) is 0. The number of esters is 1. The Labute approximate surface area is 103 Å². The third-order valence-electron chi connectivity index (χ3n) is 5.47. The van der Waals surface area contributed by atoms with E-state index < -0.39 is 0 Å². The minimum atomic E-state index is -0.271. The van der Waals surface area contributed by atoms with Crippen LogP contribution in [-0.4, -0.2) is 12.6 Å². The lowest BCUT2D eigenvalue weighted by atomic mass is 9.77. The lowest BCUT2D eigenvalue weighted by Crippen LogP contribution is -2.23. The molecule has 0 spiro atoms. The van der Waals surface area contributed by atoms with E-state index in [2.05, 4.69) is 6.58 Å². The Kier molecular flexibility index (Phi) is 2.97. The van der Waals surface area contributed by atoms with Crippen molar-refractivity contribution in [2.45, 2.75) is 38.5 Å². The number of carbonyl (C=O) groups is 1. The van der Waals surface area contributed by atoms with Crippen LogP contribution in [-0.2, 0) is 9.53 Å². The van der Waals surface area contributed by atoms with E-state index >= 15 is 0 Å². The van der Waals surface area contributed by atoms with Crippen LogP contribution in [0.1, 0.15) is 38.5 Å². The van der Waals surface area contributed by atoms with Gasteiger partial charge in [0.2, 0.25) is 0 Å². The molecule has 3 aliphatic carbocycles. The molecule has 0 radical (unpaired) electrons. The van der Waals surface area contributed by atoms with Gasteiger partial charge in [0.25, 0.3) is 0 Å². The highest BCUT2D eigenvalue weighted by molar-refractivity contribution is 5.81. The van der Waals surface area contributed by atoms with Gasteiger partial charge in [-0.2, -0.15) is 0 Å². The van der Waals surface area contributed by atoms with Crippen molar-refractivity contribution in [3.63, 3.8) is 0 Å². The van der Waals surface area contributed by atoms with Gasteiger partial charge in [0.15, 0.2) is 0 Å². The van der Waals surface area contributed by atoms with Gasteiger partial charge in [0.05, 0.1) is 6.61 Å². The molecule has 3 rings (SSSR count). The average molecular weight is 234 g/mol. The van der Waals surface area contributed by atoms with Gasteiger partial charge in [-0.25, -0.2) is 4.79 Å². The average Bonchev–Trinajstić information content (AvgIpc) is 3.00. The number of ether oxygens (including phenoxy) is 1. The normalized spacial score (nSPS) is 42.5. The number of fused-ring (bicyclic) bond motifs is 5. The van der Waals surface area contributed by atoms with Crippen LogP contribution in [0.3, 0.4) is 0 Å². The predicted molar refractivity (Wildman–Crippen MR) is 66.3 cm³/mol. The Balaban J connectivity index is 1.52. The first-order valence-electron chi connectivity index (χ1n) is 7.08. The first kappa shape index (κ1) is 11.3. The summed E-state index contributed by atoms with van der Waals surface area (Å²) in [5.41, 5.74) is 0. The maximum absolute atomic E-state index is 11.0. The van der Waals surface area contributed by atoms with Crippen molar-refractivity contribution in [3.8, 4) is 0 Å². The van der Waals surface area contributed by atoms with Crippen LogP contribution in [0.4, 0.5) is 0 Å². The van der Waals surface area contributed by atoms with Crippen molar-refractivity contribution >= 4 is 5.97 Å². The number of hydrogen-bond donors (Lipinski definition) is 0. The molecule has 0 N–H and O–H groups in total. The second-order valence-corrected chi connectivity index (χ2v) is 6.07. The zero-order valence-corrected chi connectivity index (χ0v) is 10.4. The fourth-order valence-corrected chi connectivity index (χ4v) is 4.92. The Hall–Kier alpha value is -0.790. The summed E-state index contributed by atoms with van der Waals surface area (Å²) in [6.07, 6.45) is 9.59. The van der Waals surface area contributed by atoms with Gasteiger partial charge in [-0.05, 0) is 68.1 Å². The van der Waals surface area contributed by atoms with Crippen LogP contribution in [0, 0.1) is 29.6 Å². The fraction of sp³-hybridized carbons (Fsp3) is 0.800. The molecule has 0 aromatic heterocycles. The highest BCUT2D eigenvalue weighted by Crippen LogP contribution is 2.61. The highest BCUT2D eigenvalue weighted by atomic mass is 16.5. The Bertz CT molecular complexity index is 323. The van der Waals surface area contributed by atoms with E-state index in [0.717, 1.165) is 36.0 Å². The van der Waals surface area contributed by atoms with Crippen molar-refractivity contribution in [2.75, 3.05) is 6.61 Å². The van der Waals surface area contributed by atoms with Gasteiger partial charge in [-0.15, -0.1) is 0 Å². The van der Waals surface area contributed by atoms with Crippen LogP contribution < -0.4 is 0 Å². The number of carbonyl (C=O) groups excluding carboxylic acids is 1. The Morgan fingerprint density at radius 2 is 2.06 bits per heavy atom. The minimum Gasteiger partial charge on any atom is -0.463 e. The summed E-state index contributed by atoms with van der Waals surface area (Å²) in [4.78, 5) is 11.0. The molecule has 3 fully saturated rings. The summed E-state index contributed by atoms with van der Waals surface area (Å²) >= 11 is 0. The fourth-order valence-electron chi connectivity index (χ4n) is 4.92. The van der Waals surface area contributed by atoms with Crippen molar-refractivity contribution < 1.29 is 9.53 Å². The lowest BCUT2D eigenvalue weighted by molar-refractivity contribution is -0.138. The van der Waals surface area contributed by atoms with Crippen LogP contribution in [0.5, 0.6) is 0 Å². The molecule has 0 aromatic carbocycles. The molecule has 0 saturated heterocycles. The third-order valence-corrected chi connectivity index (χ3v) is 5.47. The molecule has 3 saturated carbocycles. The maximum atomic E-state index is 11.0.